The minimum absolute atomic E-state index is 0.0893. The zero-order valence-corrected chi connectivity index (χ0v) is 15.0. The van der Waals surface area contributed by atoms with E-state index in [1.807, 2.05) is 0 Å². The molecule has 0 aliphatic carbocycles. The number of amides is 1. The number of alkyl halides is 3. The zero-order valence-electron chi connectivity index (χ0n) is 15.0. The molecule has 1 aliphatic heterocycles. The third-order valence-corrected chi connectivity index (χ3v) is 4.76. The molecule has 1 aromatic heterocycles. The summed E-state index contributed by atoms with van der Waals surface area (Å²) in [4.78, 5) is 18.2. The molecule has 0 bridgehead atoms. The average Bonchev–Trinajstić information content (AvgIpc) is 3.30. The molecular weight excluding hydrogens is 390 g/mol. The van der Waals surface area contributed by atoms with Crippen LogP contribution in [-0.4, -0.2) is 27.5 Å². The number of benzene rings is 2. The first kappa shape index (κ1) is 19.1. The van der Waals surface area contributed by atoms with Crippen LogP contribution < -0.4 is 0 Å². The van der Waals surface area contributed by atoms with Crippen molar-refractivity contribution in [3.05, 3.63) is 71.4 Å². The van der Waals surface area contributed by atoms with Crippen molar-refractivity contribution in [2.75, 3.05) is 6.54 Å². The van der Waals surface area contributed by atoms with Crippen molar-refractivity contribution < 1.29 is 26.9 Å². The van der Waals surface area contributed by atoms with E-state index in [0.29, 0.717) is 18.7 Å². The van der Waals surface area contributed by atoms with Crippen LogP contribution in [0.5, 0.6) is 0 Å². The van der Waals surface area contributed by atoms with E-state index in [9.17, 15) is 22.4 Å². The largest absolute Gasteiger partial charge is 0.416 e. The number of aromatic nitrogens is 2. The molecule has 4 rings (SSSR count). The number of halogens is 4. The molecule has 3 aromatic rings. The highest BCUT2D eigenvalue weighted by atomic mass is 19.4. The van der Waals surface area contributed by atoms with Gasteiger partial charge in [0.05, 0.1) is 11.5 Å². The van der Waals surface area contributed by atoms with Gasteiger partial charge in [0.15, 0.2) is 0 Å². The summed E-state index contributed by atoms with van der Waals surface area (Å²) in [5.74, 6) is -0.318. The number of nitrogens with zero attached hydrogens (tertiary/aromatic N) is 3. The number of hydrogen-bond donors (Lipinski definition) is 0. The van der Waals surface area contributed by atoms with Gasteiger partial charge in [-0.1, -0.05) is 29.4 Å². The lowest BCUT2D eigenvalue weighted by Gasteiger charge is -2.15. The predicted octanol–water partition coefficient (Wildman–Crippen LogP) is 4.41. The molecular formula is C20H15F4N3O2. The van der Waals surface area contributed by atoms with E-state index in [1.54, 1.807) is 17.0 Å². The Bertz CT molecular complexity index is 1010. The normalized spacial score (nSPS) is 17.2. The Balaban J connectivity index is 1.45. The van der Waals surface area contributed by atoms with Gasteiger partial charge in [0.1, 0.15) is 5.82 Å². The molecule has 150 valence electrons. The third-order valence-electron chi connectivity index (χ3n) is 4.76. The topological polar surface area (TPSA) is 59.2 Å². The van der Waals surface area contributed by atoms with Crippen LogP contribution in [-0.2, 0) is 17.5 Å². The summed E-state index contributed by atoms with van der Waals surface area (Å²) in [5, 5.41) is 3.83. The van der Waals surface area contributed by atoms with Crippen molar-refractivity contribution in [1.82, 2.24) is 15.0 Å². The molecule has 0 saturated carbocycles. The molecule has 1 amide bonds. The van der Waals surface area contributed by atoms with E-state index in [2.05, 4.69) is 10.1 Å². The van der Waals surface area contributed by atoms with Crippen molar-refractivity contribution in [2.24, 2.45) is 0 Å². The van der Waals surface area contributed by atoms with Crippen molar-refractivity contribution in [3.63, 3.8) is 0 Å². The fourth-order valence-electron chi connectivity index (χ4n) is 3.23. The molecule has 1 saturated heterocycles. The Morgan fingerprint density at radius 3 is 2.41 bits per heavy atom. The highest BCUT2D eigenvalue weighted by Gasteiger charge is 2.34. The van der Waals surface area contributed by atoms with Gasteiger partial charge in [-0.05, 0) is 29.8 Å². The number of hydrogen-bond acceptors (Lipinski definition) is 4. The Morgan fingerprint density at radius 1 is 1.07 bits per heavy atom. The van der Waals surface area contributed by atoms with Crippen LogP contribution in [0.25, 0.3) is 11.4 Å². The molecule has 5 nitrogen and oxygen atoms in total. The standard InChI is InChI=1S/C20H15F4N3O2/c21-16-7-1-12(2-8-16)10-27-11-14(9-17(27)28)19-25-18(26-29-19)13-3-5-15(6-4-13)20(22,23)24/h1-8,14H,9-11H2. The molecule has 1 atom stereocenters. The number of likely N-dealkylation sites (tertiary alicyclic amines) is 1. The second-order valence-corrected chi connectivity index (χ2v) is 6.83. The van der Waals surface area contributed by atoms with E-state index in [4.69, 9.17) is 4.52 Å². The van der Waals surface area contributed by atoms with E-state index in [1.165, 1.54) is 24.3 Å². The maximum Gasteiger partial charge on any atom is 0.416 e. The van der Waals surface area contributed by atoms with Crippen LogP contribution in [0.1, 0.15) is 29.4 Å². The first-order chi connectivity index (χ1) is 13.8. The second kappa shape index (κ2) is 7.31. The predicted molar refractivity (Wildman–Crippen MR) is 93.9 cm³/mol. The Morgan fingerprint density at radius 2 is 1.76 bits per heavy atom. The minimum atomic E-state index is -4.42. The smallest absolute Gasteiger partial charge is 0.339 e. The van der Waals surface area contributed by atoms with Crippen LogP contribution in [0.4, 0.5) is 17.6 Å². The summed E-state index contributed by atoms with van der Waals surface area (Å²) >= 11 is 0. The lowest BCUT2D eigenvalue weighted by Crippen LogP contribution is -2.24. The first-order valence-corrected chi connectivity index (χ1v) is 8.83. The average molecular weight is 405 g/mol. The third kappa shape index (κ3) is 4.13. The molecule has 29 heavy (non-hydrogen) atoms. The molecule has 1 unspecified atom stereocenters. The monoisotopic (exact) mass is 405 g/mol. The van der Waals surface area contributed by atoms with Gasteiger partial charge >= 0.3 is 6.18 Å². The van der Waals surface area contributed by atoms with E-state index < -0.39 is 11.7 Å². The van der Waals surface area contributed by atoms with Crippen LogP contribution in [0, 0.1) is 5.82 Å². The fraction of sp³-hybridized carbons (Fsp3) is 0.250. The van der Waals surface area contributed by atoms with E-state index >= 15 is 0 Å². The minimum Gasteiger partial charge on any atom is -0.339 e. The summed E-state index contributed by atoms with van der Waals surface area (Å²) in [6, 6.07) is 10.4. The molecule has 0 N–H and O–H groups in total. The lowest BCUT2D eigenvalue weighted by molar-refractivity contribution is -0.137. The zero-order chi connectivity index (χ0) is 20.6. The molecule has 1 fully saturated rings. The van der Waals surface area contributed by atoms with Crippen LogP contribution in [0.3, 0.4) is 0 Å². The van der Waals surface area contributed by atoms with Crippen molar-refractivity contribution in [2.45, 2.75) is 25.1 Å². The number of carbonyl (C=O) groups is 1. The molecule has 0 radical (unpaired) electrons. The van der Waals surface area contributed by atoms with Gasteiger partial charge < -0.3 is 9.42 Å². The maximum absolute atomic E-state index is 13.0. The quantitative estimate of drug-likeness (QED) is 0.604. The molecule has 0 spiro atoms. The van der Waals surface area contributed by atoms with E-state index in [0.717, 1.165) is 17.7 Å². The first-order valence-electron chi connectivity index (χ1n) is 8.83. The summed E-state index contributed by atoms with van der Waals surface area (Å²) in [6.45, 7) is 0.709. The van der Waals surface area contributed by atoms with Gasteiger partial charge in [-0.2, -0.15) is 18.2 Å². The van der Waals surface area contributed by atoms with Crippen LogP contribution >= 0.6 is 0 Å². The molecule has 2 heterocycles. The number of rotatable bonds is 4. The Labute approximate surface area is 162 Å². The summed E-state index contributed by atoms with van der Waals surface area (Å²) in [7, 11) is 0. The van der Waals surface area contributed by atoms with Crippen LogP contribution in [0.2, 0.25) is 0 Å². The Kier molecular flexibility index (Phi) is 4.81. The van der Waals surface area contributed by atoms with Crippen molar-refractivity contribution >= 4 is 5.91 Å². The number of carbonyl (C=O) groups excluding carboxylic acids is 1. The highest BCUT2D eigenvalue weighted by molar-refractivity contribution is 5.79. The van der Waals surface area contributed by atoms with Gasteiger partial charge in [0, 0.05) is 25.1 Å². The summed E-state index contributed by atoms with van der Waals surface area (Å²) < 4.78 is 56.3. The van der Waals surface area contributed by atoms with Gasteiger partial charge in [0.2, 0.25) is 17.6 Å². The van der Waals surface area contributed by atoms with Crippen molar-refractivity contribution in [1.29, 1.82) is 0 Å². The lowest BCUT2D eigenvalue weighted by atomic mass is 10.1. The van der Waals surface area contributed by atoms with Gasteiger partial charge in [-0.25, -0.2) is 4.39 Å². The second-order valence-electron chi connectivity index (χ2n) is 6.83. The van der Waals surface area contributed by atoms with Gasteiger partial charge in [-0.3, -0.25) is 4.79 Å². The van der Waals surface area contributed by atoms with Crippen molar-refractivity contribution in [3.8, 4) is 11.4 Å². The molecule has 2 aromatic carbocycles. The van der Waals surface area contributed by atoms with E-state index in [-0.39, 0.29) is 35.8 Å². The van der Waals surface area contributed by atoms with Gasteiger partial charge in [0.25, 0.3) is 0 Å². The molecule has 1 aliphatic rings. The Hall–Kier alpha value is -3.23. The fourth-order valence-corrected chi connectivity index (χ4v) is 3.23. The van der Waals surface area contributed by atoms with Crippen LogP contribution in [0.15, 0.2) is 53.1 Å². The molecule has 9 heteroatoms. The maximum atomic E-state index is 13.0. The summed E-state index contributed by atoms with van der Waals surface area (Å²) in [6.07, 6.45) is -4.23. The van der Waals surface area contributed by atoms with Gasteiger partial charge in [-0.15, -0.1) is 0 Å². The summed E-state index contributed by atoms with van der Waals surface area (Å²) in [5.41, 5.74) is 0.430. The highest BCUT2D eigenvalue weighted by Crippen LogP contribution is 2.32. The SMILES string of the molecule is O=C1CC(c2nc(-c3ccc(C(F)(F)F)cc3)no2)CN1Cc1ccc(F)cc1.